The molecule has 1 aliphatic carbocycles. The average molecular weight is 385 g/mol. The van der Waals surface area contributed by atoms with Crippen molar-refractivity contribution in [2.45, 2.75) is 51.6 Å². The van der Waals surface area contributed by atoms with Gasteiger partial charge in [-0.3, -0.25) is 4.79 Å². The first-order chi connectivity index (χ1) is 13.4. The predicted octanol–water partition coefficient (Wildman–Crippen LogP) is 2.94. The van der Waals surface area contributed by atoms with Crippen molar-refractivity contribution in [3.8, 4) is 5.75 Å². The van der Waals surface area contributed by atoms with E-state index in [1.54, 1.807) is 24.0 Å². The number of hydrogen-bond donors (Lipinski definition) is 1. The zero-order valence-corrected chi connectivity index (χ0v) is 16.5. The van der Waals surface area contributed by atoms with Gasteiger partial charge in [0.05, 0.1) is 5.60 Å². The van der Waals surface area contributed by atoms with Crippen molar-refractivity contribution in [3.05, 3.63) is 39.7 Å². The molecular weight excluding hydrogens is 358 g/mol. The highest BCUT2D eigenvalue weighted by molar-refractivity contribution is 5.82. The van der Waals surface area contributed by atoms with Crippen LogP contribution >= 0.6 is 0 Å². The van der Waals surface area contributed by atoms with E-state index in [0.29, 0.717) is 36.4 Å². The fourth-order valence-corrected chi connectivity index (χ4v) is 4.55. The SMILES string of the molecule is Cc1c(C)c2ccc(OCC(=O)N3CC[C@]4(O)CCCC[C@@H]4C3)cc2oc1=O. The van der Waals surface area contributed by atoms with Gasteiger partial charge in [-0.1, -0.05) is 12.8 Å². The second-order valence-electron chi connectivity index (χ2n) is 8.22. The van der Waals surface area contributed by atoms with E-state index in [-0.39, 0.29) is 24.1 Å². The van der Waals surface area contributed by atoms with E-state index >= 15 is 0 Å². The number of benzene rings is 1. The highest BCUT2D eigenvalue weighted by Gasteiger charge is 2.43. The zero-order valence-electron chi connectivity index (χ0n) is 16.5. The summed E-state index contributed by atoms with van der Waals surface area (Å²) < 4.78 is 11.0. The maximum atomic E-state index is 12.6. The number of rotatable bonds is 3. The first kappa shape index (κ1) is 19.0. The molecule has 2 aliphatic rings. The Morgan fingerprint density at radius 3 is 2.93 bits per heavy atom. The molecule has 1 aliphatic heterocycles. The van der Waals surface area contributed by atoms with Crippen molar-refractivity contribution in [3.63, 3.8) is 0 Å². The number of fused-ring (bicyclic) bond motifs is 2. The Morgan fingerprint density at radius 1 is 1.29 bits per heavy atom. The van der Waals surface area contributed by atoms with E-state index in [4.69, 9.17) is 9.15 Å². The van der Waals surface area contributed by atoms with Gasteiger partial charge in [0.25, 0.3) is 5.91 Å². The van der Waals surface area contributed by atoms with E-state index in [2.05, 4.69) is 0 Å². The number of ether oxygens (including phenoxy) is 1. The summed E-state index contributed by atoms with van der Waals surface area (Å²) in [6.07, 6.45) is 4.65. The lowest BCUT2D eigenvalue weighted by molar-refractivity contribution is -0.145. The van der Waals surface area contributed by atoms with Crippen LogP contribution in [0.15, 0.2) is 27.4 Å². The van der Waals surface area contributed by atoms with Crippen LogP contribution in [0.5, 0.6) is 5.75 Å². The molecular formula is C22H27NO5. The van der Waals surface area contributed by atoms with Crippen molar-refractivity contribution in [2.75, 3.05) is 19.7 Å². The van der Waals surface area contributed by atoms with Crippen molar-refractivity contribution >= 4 is 16.9 Å². The summed E-state index contributed by atoms with van der Waals surface area (Å²) in [6, 6.07) is 5.30. The molecule has 1 N–H and O–H groups in total. The Bertz CT molecular complexity index is 965. The summed E-state index contributed by atoms with van der Waals surface area (Å²) >= 11 is 0. The Hall–Kier alpha value is -2.34. The molecule has 1 aromatic carbocycles. The molecule has 4 rings (SSSR count). The third-order valence-electron chi connectivity index (χ3n) is 6.57. The number of carbonyl (C=O) groups is 1. The van der Waals surface area contributed by atoms with Gasteiger partial charge in [0.15, 0.2) is 6.61 Å². The van der Waals surface area contributed by atoms with Crippen molar-refractivity contribution < 1.29 is 19.1 Å². The zero-order chi connectivity index (χ0) is 19.9. The Morgan fingerprint density at radius 2 is 2.11 bits per heavy atom. The minimum absolute atomic E-state index is 0.0638. The molecule has 1 amide bonds. The number of nitrogens with zero attached hydrogens (tertiary/aromatic N) is 1. The largest absolute Gasteiger partial charge is 0.484 e. The predicted molar refractivity (Wildman–Crippen MR) is 106 cm³/mol. The molecule has 0 radical (unpaired) electrons. The van der Waals surface area contributed by atoms with E-state index in [0.717, 1.165) is 36.6 Å². The fourth-order valence-electron chi connectivity index (χ4n) is 4.55. The van der Waals surface area contributed by atoms with Crippen molar-refractivity contribution in [1.29, 1.82) is 0 Å². The maximum absolute atomic E-state index is 12.6. The number of piperidine rings is 1. The second kappa shape index (κ2) is 7.24. The van der Waals surface area contributed by atoms with Crippen LogP contribution in [-0.2, 0) is 4.79 Å². The van der Waals surface area contributed by atoms with Crippen LogP contribution < -0.4 is 10.4 Å². The van der Waals surface area contributed by atoms with Crippen LogP contribution in [0.4, 0.5) is 0 Å². The molecule has 150 valence electrons. The first-order valence-corrected chi connectivity index (χ1v) is 10.0. The van der Waals surface area contributed by atoms with Gasteiger partial charge in [-0.15, -0.1) is 0 Å². The second-order valence-corrected chi connectivity index (χ2v) is 8.22. The molecule has 0 bridgehead atoms. The quantitative estimate of drug-likeness (QED) is 0.822. The standard InChI is InChI=1S/C22H27NO5/c1-14-15(2)21(25)28-19-11-17(6-7-18(14)19)27-13-20(24)23-10-9-22(26)8-4-3-5-16(22)12-23/h6-7,11,16,26H,3-5,8-10,12-13H2,1-2H3/t16-,22-/m1/s1. The molecule has 0 unspecified atom stereocenters. The Kier molecular flexibility index (Phi) is 4.91. The molecule has 2 atom stereocenters. The average Bonchev–Trinajstić information content (AvgIpc) is 2.69. The molecule has 2 aromatic rings. The number of hydrogen-bond acceptors (Lipinski definition) is 5. The fraction of sp³-hybridized carbons (Fsp3) is 0.545. The van der Waals surface area contributed by atoms with E-state index in [1.165, 1.54) is 0 Å². The van der Waals surface area contributed by atoms with Crippen LogP contribution in [0.1, 0.15) is 43.2 Å². The van der Waals surface area contributed by atoms with E-state index in [1.807, 2.05) is 13.0 Å². The van der Waals surface area contributed by atoms with E-state index < -0.39 is 5.60 Å². The minimum atomic E-state index is -0.595. The summed E-state index contributed by atoms with van der Waals surface area (Å²) in [5.74, 6) is 0.591. The molecule has 1 saturated heterocycles. The van der Waals surface area contributed by atoms with Crippen LogP contribution in [0, 0.1) is 19.8 Å². The lowest BCUT2D eigenvalue weighted by Crippen LogP contribution is -2.55. The molecule has 6 heteroatoms. The van der Waals surface area contributed by atoms with Gasteiger partial charge in [-0.05, 0) is 50.8 Å². The normalized spacial score (nSPS) is 24.8. The van der Waals surface area contributed by atoms with Crippen molar-refractivity contribution in [1.82, 2.24) is 4.90 Å². The molecule has 1 aromatic heterocycles. The number of aliphatic hydroxyl groups is 1. The monoisotopic (exact) mass is 385 g/mol. The van der Waals surface area contributed by atoms with Gasteiger partial charge in [-0.25, -0.2) is 4.79 Å². The molecule has 6 nitrogen and oxygen atoms in total. The first-order valence-electron chi connectivity index (χ1n) is 10.0. The number of aryl methyl sites for hydroxylation is 1. The lowest BCUT2D eigenvalue weighted by atomic mass is 9.71. The van der Waals surface area contributed by atoms with Gasteiger partial charge >= 0.3 is 5.63 Å². The summed E-state index contributed by atoms with van der Waals surface area (Å²) in [6.45, 7) is 4.74. The van der Waals surface area contributed by atoms with Crippen molar-refractivity contribution in [2.24, 2.45) is 5.92 Å². The Balaban J connectivity index is 1.42. The number of carbonyl (C=O) groups excluding carboxylic acids is 1. The number of amides is 1. The minimum Gasteiger partial charge on any atom is -0.484 e. The summed E-state index contributed by atoms with van der Waals surface area (Å²) in [4.78, 5) is 26.3. The van der Waals surface area contributed by atoms with Crippen LogP contribution in [-0.4, -0.2) is 41.2 Å². The van der Waals surface area contributed by atoms with Gasteiger partial charge in [0.1, 0.15) is 11.3 Å². The van der Waals surface area contributed by atoms with Gasteiger partial charge in [0, 0.05) is 36.0 Å². The van der Waals surface area contributed by atoms with Gasteiger partial charge < -0.3 is 19.2 Å². The van der Waals surface area contributed by atoms with Crippen LogP contribution in [0.2, 0.25) is 0 Å². The molecule has 0 spiro atoms. The molecule has 1 saturated carbocycles. The highest BCUT2D eigenvalue weighted by Crippen LogP contribution is 2.39. The van der Waals surface area contributed by atoms with E-state index in [9.17, 15) is 14.7 Å². The Labute approximate surface area is 164 Å². The highest BCUT2D eigenvalue weighted by atomic mass is 16.5. The molecule has 28 heavy (non-hydrogen) atoms. The molecule has 2 heterocycles. The third kappa shape index (κ3) is 3.41. The van der Waals surface area contributed by atoms with Crippen LogP contribution in [0.25, 0.3) is 11.0 Å². The third-order valence-corrected chi connectivity index (χ3v) is 6.57. The number of likely N-dealkylation sites (tertiary alicyclic amines) is 1. The topological polar surface area (TPSA) is 80.0 Å². The lowest BCUT2D eigenvalue weighted by Gasteiger charge is -2.47. The van der Waals surface area contributed by atoms with Gasteiger partial charge in [-0.2, -0.15) is 0 Å². The summed E-state index contributed by atoms with van der Waals surface area (Å²) in [7, 11) is 0. The van der Waals surface area contributed by atoms with Crippen LogP contribution in [0.3, 0.4) is 0 Å². The maximum Gasteiger partial charge on any atom is 0.339 e. The summed E-state index contributed by atoms with van der Waals surface area (Å²) in [5, 5.41) is 11.6. The summed E-state index contributed by atoms with van der Waals surface area (Å²) in [5.41, 5.74) is 1.00. The molecule has 2 fully saturated rings. The van der Waals surface area contributed by atoms with Gasteiger partial charge in [0.2, 0.25) is 0 Å². The smallest absolute Gasteiger partial charge is 0.339 e.